The fraction of sp³-hybridized carbons (Fsp3) is 0.0625. The van der Waals surface area contributed by atoms with Crippen molar-refractivity contribution >= 4 is 39.9 Å². The normalized spacial score (nSPS) is 10.9. The molecule has 110 valence electrons. The molecular weight excluding hydrogens is 395 g/mol. The lowest BCUT2D eigenvalue weighted by atomic mass is 10.0. The van der Waals surface area contributed by atoms with Crippen molar-refractivity contribution in [1.29, 1.82) is 5.26 Å². The zero-order valence-corrected chi connectivity index (χ0v) is 13.8. The highest BCUT2D eigenvalue weighted by Crippen LogP contribution is 2.25. The Bertz CT molecular complexity index is 794. The van der Waals surface area contributed by atoms with Crippen LogP contribution in [0.3, 0.4) is 0 Å². The van der Waals surface area contributed by atoms with E-state index in [0.29, 0.717) is 11.1 Å². The molecule has 22 heavy (non-hydrogen) atoms. The van der Waals surface area contributed by atoms with Crippen molar-refractivity contribution in [2.45, 2.75) is 0 Å². The van der Waals surface area contributed by atoms with Crippen LogP contribution in [0.4, 0.5) is 5.69 Å². The molecule has 6 heteroatoms. The van der Waals surface area contributed by atoms with E-state index in [0.717, 1.165) is 14.9 Å². The lowest BCUT2D eigenvalue weighted by Gasteiger charge is -2.04. The zero-order valence-electron chi connectivity index (χ0n) is 11.6. The molecule has 0 heterocycles. The first-order chi connectivity index (χ1) is 10.5. The van der Waals surface area contributed by atoms with E-state index < -0.39 is 4.92 Å². The van der Waals surface area contributed by atoms with Crippen LogP contribution in [0.2, 0.25) is 0 Å². The quantitative estimate of drug-likeness (QED) is 0.250. The van der Waals surface area contributed by atoms with Gasteiger partial charge in [0.15, 0.2) is 0 Å². The summed E-state index contributed by atoms with van der Waals surface area (Å²) in [4.78, 5) is 10.3. The Labute approximate surface area is 141 Å². The molecule has 5 nitrogen and oxygen atoms in total. The second-order valence-electron chi connectivity index (χ2n) is 4.37. The summed E-state index contributed by atoms with van der Waals surface area (Å²) in [5, 5.41) is 20.2. The van der Waals surface area contributed by atoms with Crippen LogP contribution >= 0.6 is 22.6 Å². The predicted molar refractivity (Wildman–Crippen MR) is 92.3 cm³/mol. The number of nitrogens with zero attached hydrogens (tertiary/aromatic N) is 2. The molecule has 0 aliphatic carbocycles. The van der Waals surface area contributed by atoms with E-state index in [4.69, 9.17) is 4.74 Å². The Hall–Kier alpha value is -2.40. The molecule has 2 aromatic rings. The molecule has 0 bridgehead atoms. The average molecular weight is 406 g/mol. The molecule has 0 aromatic heterocycles. The van der Waals surface area contributed by atoms with Gasteiger partial charge < -0.3 is 4.74 Å². The molecule has 0 atom stereocenters. The maximum atomic E-state index is 10.8. The second kappa shape index (κ2) is 7.04. The maximum absolute atomic E-state index is 10.8. The molecule has 2 rings (SSSR count). The van der Waals surface area contributed by atoms with Crippen molar-refractivity contribution in [3.63, 3.8) is 0 Å². The van der Waals surface area contributed by atoms with Gasteiger partial charge in [-0.1, -0.05) is 18.2 Å². The minimum Gasteiger partial charge on any atom is -0.496 e. The number of non-ortho nitro benzene ring substituents is 1. The molecule has 0 saturated carbocycles. The van der Waals surface area contributed by atoms with Gasteiger partial charge in [-0.05, 0) is 51.9 Å². The van der Waals surface area contributed by atoms with Crippen LogP contribution in [0.1, 0.15) is 11.1 Å². The third kappa shape index (κ3) is 3.62. The van der Waals surface area contributed by atoms with Crippen molar-refractivity contribution in [2.75, 3.05) is 7.11 Å². The first-order valence-electron chi connectivity index (χ1n) is 6.25. The van der Waals surface area contributed by atoms with Crippen LogP contribution in [0.5, 0.6) is 5.75 Å². The fourth-order valence-electron chi connectivity index (χ4n) is 1.91. The fourth-order valence-corrected chi connectivity index (χ4v) is 2.67. The first-order valence-corrected chi connectivity index (χ1v) is 7.33. The molecule has 2 aromatic carbocycles. The number of hydrogen-bond donors (Lipinski definition) is 0. The van der Waals surface area contributed by atoms with E-state index in [1.807, 2.05) is 18.2 Å². The number of rotatable bonds is 4. The van der Waals surface area contributed by atoms with E-state index in [9.17, 15) is 15.4 Å². The molecule has 0 fully saturated rings. The number of halogens is 1. The molecule has 0 spiro atoms. The molecule has 0 unspecified atom stereocenters. The van der Waals surface area contributed by atoms with Gasteiger partial charge in [-0.25, -0.2) is 0 Å². The van der Waals surface area contributed by atoms with Gasteiger partial charge in [0.05, 0.1) is 27.2 Å². The van der Waals surface area contributed by atoms with E-state index in [-0.39, 0.29) is 5.69 Å². The van der Waals surface area contributed by atoms with Gasteiger partial charge in [0.2, 0.25) is 0 Å². The number of ether oxygens (including phenoxy) is 1. The number of nitro groups is 1. The van der Waals surface area contributed by atoms with E-state index in [2.05, 4.69) is 28.7 Å². The van der Waals surface area contributed by atoms with Gasteiger partial charge in [0.25, 0.3) is 5.69 Å². The van der Waals surface area contributed by atoms with E-state index in [1.165, 1.54) is 12.1 Å². The monoisotopic (exact) mass is 406 g/mol. The number of allylic oxidation sites excluding steroid dienone is 1. The molecule has 0 N–H and O–H groups in total. The highest BCUT2D eigenvalue weighted by molar-refractivity contribution is 14.1. The zero-order chi connectivity index (χ0) is 16.1. The third-order valence-electron chi connectivity index (χ3n) is 2.98. The molecule has 0 radical (unpaired) electrons. The number of hydrogen-bond acceptors (Lipinski definition) is 4. The summed E-state index contributed by atoms with van der Waals surface area (Å²) in [6.45, 7) is 0. The van der Waals surface area contributed by atoms with Crippen LogP contribution in [0.25, 0.3) is 11.6 Å². The van der Waals surface area contributed by atoms with Crippen molar-refractivity contribution in [3.8, 4) is 11.8 Å². The number of nitriles is 1. The SMILES string of the molecule is COc1ccc(/C=C(/C#N)c2cccc([N+](=O)[O-])c2)cc1I. The molecule has 0 aliphatic heterocycles. The summed E-state index contributed by atoms with van der Waals surface area (Å²) in [5.41, 5.74) is 1.67. The van der Waals surface area contributed by atoms with Gasteiger partial charge in [-0.15, -0.1) is 0 Å². The summed E-state index contributed by atoms with van der Waals surface area (Å²) in [7, 11) is 1.59. The van der Waals surface area contributed by atoms with Crippen LogP contribution in [0.15, 0.2) is 42.5 Å². The summed E-state index contributed by atoms with van der Waals surface area (Å²) >= 11 is 2.15. The summed E-state index contributed by atoms with van der Waals surface area (Å²) < 4.78 is 6.11. The van der Waals surface area contributed by atoms with Crippen LogP contribution in [-0.4, -0.2) is 12.0 Å². The van der Waals surface area contributed by atoms with Crippen LogP contribution in [-0.2, 0) is 0 Å². The Balaban J connectivity index is 2.44. The van der Waals surface area contributed by atoms with Gasteiger partial charge in [-0.2, -0.15) is 5.26 Å². The highest BCUT2D eigenvalue weighted by atomic mass is 127. The Morgan fingerprint density at radius 3 is 2.73 bits per heavy atom. The minimum atomic E-state index is -0.477. The van der Waals surface area contributed by atoms with Crippen molar-refractivity contribution in [1.82, 2.24) is 0 Å². The minimum absolute atomic E-state index is 0.0389. The molecule has 0 amide bonds. The smallest absolute Gasteiger partial charge is 0.270 e. The van der Waals surface area contributed by atoms with Gasteiger partial charge in [0, 0.05) is 12.1 Å². The van der Waals surface area contributed by atoms with Gasteiger partial charge in [-0.3, -0.25) is 10.1 Å². The first kappa shape index (κ1) is 16.0. The summed E-state index contributed by atoms with van der Waals surface area (Å²) in [5.74, 6) is 0.756. The van der Waals surface area contributed by atoms with Gasteiger partial charge in [0.1, 0.15) is 5.75 Å². The number of methoxy groups -OCH3 is 1. The number of nitro benzene ring substituents is 1. The lowest BCUT2D eigenvalue weighted by molar-refractivity contribution is -0.384. The average Bonchev–Trinajstić information content (AvgIpc) is 2.52. The van der Waals surface area contributed by atoms with Crippen LogP contribution in [0, 0.1) is 25.0 Å². The second-order valence-corrected chi connectivity index (χ2v) is 5.53. The Morgan fingerprint density at radius 1 is 1.36 bits per heavy atom. The van der Waals surface area contributed by atoms with Crippen molar-refractivity contribution in [2.24, 2.45) is 0 Å². The molecule has 0 aliphatic rings. The standard InChI is InChI=1S/C16H11IN2O3/c1-22-16-6-5-11(8-15(16)17)7-13(10-18)12-3-2-4-14(9-12)19(20)21/h2-9H,1H3/b13-7-. The van der Waals surface area contributed by atoms with Gasteiger partial charge >= 0.3 is 0 Å². The Morgan fingerprint density at radius 2 is 2.14 bits per heavy atom. The molecule has 0 saturated heterocycles. The topological polar surface area (TPSA) is 76.2 Å². The van der Waals surface area contributed by atoms with Crippen molar-refractivity contribution < 1.29 is 9.66 Å². The number of benzene rings is 2. The maximum Gasteiger partial charge on any atom is 0.270 e. The predicted octanol–water partition coefficient (Wildman–Crippen LogP) is 4.27. The Kier molecular flexibility index (Phi) is 5.12. The molecular formula is C16H11IN2O3. The largest absolute Gasteiger partial charge is 0.496 e. The van der Waals surface area contributed by atoms with E-state index >= 15 is 0 Å². The van der Waals surface area contributed by atoms with E-state index in [1.54, 1.807) is 25.3 Å². The third-order valence-corrected chi connectivity index (χ3v) is 3.82. The summed E-state index contributed by atoms with van der Waals surface area (Å²) in [6.07, 6.45) is 1.70. The highest BCUT2D eigenvalue weighted by Gasteiger charge is 2.09. The van der Waals surface area contributed by atoms with Crippen LogP contribution < -0.4 is 4.74 Å². The van der Waals surface area contributed by atoms with Crippen molar-refractivity contribution in [3.05, 3.63) is 67.3 Å². The lowest BCUT2D eigenvalue weighted by Crippen LogP contribution is -1.90. The summed E-state index contributed by atoms with van der Waals surface area (Å²) in [6, 6.07) is 13.6.